The van der Waals surface area contributed by atoms with Crippen LogP contribution in [0.5, 0.6) is 0 Å². The van der Waals surface area contributed by atoms with Crippen molar-refractivity contribution < 1.29 is 9.18 Å². The minimum Gasteiger partial charge on any atom is -0.324 e. The van der Waals surface area contributed by atoms with E-state index in [1.54, 1.807) is 12.1 Å². The van der Waals surface area contributed by atoms with Gasteiger partial charge >= 0.3 is 0 Å². The number of nitrogens with one attached hydrogen (secondary N) is 2. The third-order valence-corrected chi connectivity index (χ3v) is 4.10. The molecule has 0 spiro atoms. The highest BCUT2D eigenvalue weighted by Gasteiger charge is 2.39. The highest BCUT2D eigenvalue weighted by atomic mass is 79.9. The highest BCUT2D eigenvalue weighted by molar-refractivity contribution is 9.10. The Labute approximate surface area is 126 Å². The van der Waals surface area contributed by atoms with Crippen LogP contribution in [-0.4, -0.2) is 18.0 Å². The van der Waals surface area contributed by atoms with Gasteiger partial charge in [0.25, 0.3) is 0 Å². The Bertz CT molecular complexity index is 464. The number of carbonyl (C=O) groups excluding carboxylic acids is 1. The maximum Gasteiger partial charge on any atom is 0.244 e. The molecule has 3 nitrogen and oxygen atoms in total. The number of halogens is 3. The summed E-state index contributed by atoms with van der Waals surface area (Å²) in [5.74, 6) is -0.457. The van der Waals surface area contributed by atoms with E-state index in [4.69, 9.17) is 0 Å². The van der Waals surface area contributed by atoms with Crippen molar-refractivity contribution >= 4 is 39.9 Å². The van der Waals surface area contributed by atoms with Crippen molar-refractivity contribution in [3.05, 3.63) is 28.5 Å². The largest absolute Gasteiger partial charge is 0.324 e. The summed E-state index contributed by atoms with van der Waals surface area (Å²) in [7, 11) is 0. The monoisotopic (exact) mass is 350 g/mol. The van der Waals surface area contributed by atoms with E-state index >= 15 is 0 Å². The molecule has 6 heteroatoms. The summed E-state index contributed by atoms with van der Waals surface area (Å²) in [6.07, 6.45) is 2.56. The quantitative estimate of drug-likeness (QED) is 0.875. The van der Waals surface area contributed by atoms with Gasteiger partial charge in [-0.05, 0) is 59.9 Å². The summed E-state index contributed by atoms with van der Waals surface area (Å²) in [6, 6.07) is 4.59. The van der Waals surface area contributed by atoms with Crippen molar-refractivity contribution in [1.82, 2.24) is 5.32 Å². The Balaban J connectivity index is 0.00000180. The molecule has 19 heavy (non-hydrogen) atoms. The van der Waals surface area contributed by atoms with Gasteiger partial charge in [0.15, 0.2) is 0 Å². The maximum atomic E-state index is 13.4. The predicted octanol–water partition coefficient (Wildman–Crippen LogP) is 3.48. The molecule has 0 radical (unpaired) electrons. The van der Waals surface area contributed by atoms with Crippen LogP contribution in [-0.2, 0) is 4.79 Å². The SMILES string of the molecule is CCC1(C(=O)Nc2ccc(Br)c(F)c2)CCCN1.Cl. The van der Waals surface area contributed by atoms with Crippen LogP contribution in [0.2, 0.25) is 0 Å². The van der Waals surface area contributed by atoms with Gasteiger partial charge in [-0.15, -0.1) is 12.4 Å². The molecule has 1 saturated heterocycles. The molecule has 1 heterocycles. The van der Waals surface area contributed by atoms with Gasteiger partial charge in [0.2, 0.25) is 5.91 Å². The molecule has 106 valence electrons. The first-order valence-electron chi connectivity index (χ1n) is 6.09. The summed E-state index contributed by atoms with van der Waals surface area (Å²) in [5.41, 5.74) is -0.00831. The van der Waals surface area contributed by atoms with Crippen LogP contribution in [0.25, 0.3) is 0 Å². The van der Waals surface area contributed by atoms with E-state index in [0.717, 1.165) is 25.8 Å². The molecule has 1 fully saturated rings. The molecule has 0 aliphatic carbocycles. The zero-order valence-electron chi connectivity index (χ0n) is 10.6. The van der Waals surface area contributed by atoms with Gasteiger partial charge < -0.3 is 10.6 Å². The average Bonchev–Trinajstić information content (AvgIpc) is 2.84. The first-order valence-corrected chi connectivity index (χ1v) is 6.88. The third kappa shape index (κ3) is 3.46. The van der Waals surface area contributed by atoms with Gasteiger partial charge in [0.1, 0.15) is 5.82 Å². The number of rotatable bonds is 3. The molecular weight excluding hydrogens is 335 g/mol. The molecule has 1 aromatic rings. The topological polar surface area (TPSA) is 41.1 Å². The molecule has 1 unspecified atom stereocenters. The van der Waals surface area contributed by atoms with Gasteiger partial charge in [0.05, 0.1) is 10.0 Å². The van der Waals surface area contributed by atoms with Crippen molar-refractivity contribution in [2.75, 3.05) is 11.9 Å². The molecule has 1 aromatic carbocycles. The Morgan fingerprint density at radius 3 is 2.84 bits per heavy atom. The molecule has 1 aliphatic heterocycles. The number of hydrogen-bond acceptors (Lipinski definition) is 2. The average molecular weight is 352 g/mol. The highest BCUT2D eigenvalue weighted by Crippen LogP contribution is 2.26. The molecule has 0 bridgehead atoms. The Morgan fingerprint density at radius 2 is 2.32 bits per heavy atom. The first-order chi connectivity index (χ1) is 8.57. The van der Waals surface area contributed by atoms with Crippen LogP contribution >= 0.6 is 28.3 Å². The minimum absolute atomic E-state index is 0. The van der Waals surface area contributed by atoms with Crippen molar-refractivity contribution in [3.63, 3.8) is 0 Å². The second-order valence-electron chi connectivity index (χ2n) is 4.55. The molecule has 2 rings (SSSR count). The number of amides is 1. The predicted molar refractivity (Wildman–Crippen MR) is 80.2 cm³/mol. The fourth-order valence-electron chi connectivity index (χ4n) is 2.29. The lowest BCUT2D eigenvalue weighted by Crippen LogP contribution is -2.50. The van der Waals surface area contributed by atoms with Crippen LogP contribution in [0.4, 0.5) is 10.1 Å². The molecule has 1 aliphatic rings. The standard InChI is InChI=1S/C13H16BrFN2O.ClH/c1-2-13(6-3-7-16-13)12(18)17-9-4-5-10(14)11(15)8-9;/h4-5,8,16H,2-3,6-7H2,1H3,(H,17,18);1H. The maximum absolute atomic E-state index is 13.4. The smallest absolute Gasteiger partial charge is 0.244 e. The van der Waals surface area contributed by atoms with E-state index in [-0.39, 0.29) is 24.1 Å². The summed E-state index contributed by atoms with van der Waals surface area (Å²) in [5, 5.41) is 6.03. The van der Waals surface area contributed by atoms with Gasteiger partial charge in [0, 0.05) is 5.69 Å². The lowest BCUT2D eigenvalue weighted by atomic mass is 9.93. The minimum atomic E-state index is -0.496. The molecule has 2 N–H and O–H groups in total. The molecular formula is C13H17BrClFN2O. The van der Waals surface area contributed by atoms with Crippen molar-refractivity contribution in [1.29, 1.82) is 0 Å². The number of anilines is 1. The Hall–Kier alpha value is -0.650. The van der Waals surface area contributed by atoms with E-state index in [2.05, 4.69) is 26.6 Å². The summed E-state index contributed by atoms with van der Waals surface area (Å²) < 4.78 is 13.8. The van der Waals surface area contributed by atoms with Crippen molar-refractivity contribution in [3.8, 4) is 0 Å². The summed E-state index contributed by atoms with van der Waals surface area (Å²) >= 11 is 3.09. The first kappa shape index (κ1) is 16.4. The second-order valence-corrected chi connectivity index (χ2v) is 5.40. The Morgan fingerprint density at radius 1 is 1.58 bits per heavy atom. The fourth-order valence-corrected chi connectivity index (χ4v) is 2.53. The van der Waals surface area contributed by atoms with Gasteiger partial charge in [-0.2, -0.15) is 0 Å². The van der Waals surface area contributed by atoms with E-state index in [1.807, 2.05) is 6.92 Å². The lowest BCUT2D eigenvalue weighted by molar-refractivity contribution is -0.122. The van der Waals surface area contributed by atoms with E-state index in [9.17, 15) is 9.18 Å². The fraction of sp³-hybridized carbons (Fsp3) is 0.462. The van der Waals surface area contributed by atoms with E-state index in [1.165, 1.54) is 6.07 Å². The third-order valence-electron chi connectivity index (χ3n) is 3.46. The van der Waals surface area contributed by atoms with Gasteiger partial charge in [-0.3, -0.25) is 4.79 Å². The Kier molecular flexibility index (Phi) is 5.77. The summed E-state index contributed by atoms with van der Waals surface area (Å²) in [4.78, 5) is 12.3. The van der Waals surface area contributed by atoms with Crippen LogP contribution in [0.15, 0.2) is 22.7 Å². The zero-order valence-corrected chi connectivity index (χ0v) is 13.0. The normalized spacial score (nSPS) is 21.8. The van der Waals surface area contributed by atoms with Gasteiger partial charge in [-0.1, -0.05) is 6.92 Å². The van der Waals surface area contributed by atoms with E-state index in [0.29, 0.717) is 10.2 Å². The van der Waals surface area contributed by atoms with Crippen molar-refractivity contribution in [2.45, 2.75) is 31.7 Å². The second kappa shape index (κ2) is 6.68. The van der Waals surface area contributed by atoms with E-state index < -0.39 is 5.54 Å². The molecule has 1 amide bonds. The number of carbonyl (C=O) groups is 1. The van der Waals surface area contributed by atoms with Crippen LogP contribution in [0.1, 0.15) is 26.2 Å². The summed E-state index contributed by atoms with van der Waals surface area (Å²) in [6.45, 7) is 2.84. The molecule has 1 atom stereocenters. The van der Waals surface area contributed by atoms with Crippen molar-refractivity contribution in [2.24, 2.45) is 0 Å². The molecule has 0 saturated carbocycles. The van der Waals surface area contributed by atoms with Gasteiger partial charge in [-0.25, -0.2) is 4.39 Å². The van der Waals surface area contributed by atoms with Crippen LogP contribution in [0.3, 0.4) is 0 Å². The van der Waals surface area contributed by atoms with Crippen LogP contribution in [0, 0.1) is 5.82 Å². The number of hydrogen-bond donors (Lipinski definition) is 2. The zero-order chi connectivity index (χ0) is 13.2. The van der Waals surface area contributed by atoms with Crippen LogP contribution < -0.4 is 10.6 Å². The molecule has 0 aromatic heterocycles. The lowest BCUT2D eigenvalue weighted by Gasteiger charge is -2.26. The number of benzene rings is 1.